The second-order valence-corrected chi connectivity index (χ2v) is 6.39. The van der Waals surface area contributed by atoms with Crippen molar-refractivity contribution in [3.8, 4) is 11.5 Å². The number of aliphatic imine (C=N–C) groups is 1. The van der Waals surface area contributed by atoms with Gasteiger partial charge in [-0.2, -0.15) is 0 Å². The molecule has 1 aliphatic rings. The van der Waals surface area contributed by atoms with E-state index in [4.69, 9.17) is 9.47 Å². The van der Waals surface area contributed by atoms with E-state index in [9.17, 15) is 4.79 Å². The fourth-order valence-corrected chi connectivity index (χ4v) is 3.25. The third-order valence-electron chi connectivity index (χ3n) is 4.73. The van der Waals surface area contributed by atoms with Crippen molar-refractivity contribution in [1.29, 1.82) is 0 Å². The van der Waals surface area contributed by atoms with Crippen LogP contribution in [0.2, 0.25) is 0 Å². The number of amides is 1. The molecule has 2 aromatic rings. The zero-order valence-electron chi connectivity index (χ0n) is 16.5. The Hall–Kier alpha value is -3.22. The van der Waals surface area contributed by atoms with Crippen molar-refractivity contribution in [3.05, 3.63) is 53.6 Å². The minimum atomic E-state index is 0.0269. The first kappa shape index (κ1) is 19.5. The molecule has 0 aromatic heterocycles. The fourth-order valence-electron chi connectivity index (χ4n) is 3.25. The molecule has 28 heavy (non-hydrogen) atoms. The smallest absolute Gasteiger partial charge is 0.246 e. The molecule has 7 heteroatoms. The van der Waals surface area contributed by atoms with Gasteiger partial charge in [-0.1, -0.05) is 24.3 Å². The van der Waals surface area contributed by atoms with E-state index in [2.05, 4.69) is 21.7 Å². The lowest BCUT2D eigenvalue weighted by Crippen LogP contribution is -2.44. The molecule has 148 valence electrons. The second-order valence-electron chi connectivity index (χ2n) is 6.39. The first-order valence-electron chi connectivity index (χ1n) is 9.20. The van der Waals surface area contributed by atoms with E-state index >= 15 is 0 Å². The molecule has 0 bridgehead atoms. The number of anilines is 1. The predicted octanol–water partition coefficient (Wildman–Crippen LogP) is 1.96. The van der Waals surface area contributed by atoms with Crippen LogP contribution >= 0.6 is 0 Å². The number of carbonyl (C=O) groups excluding carboxylic acids is 1. The fraction of sp³-hybridized carbons (Fsp3) is 0.333. The zero-order valence-corrected chi connectivity index (χ0v) is 16.5. The Morgan fingerprint density at radius 1 is 1.11 bits per heavy atom. The minimum absolute atomic E-state index is 0.0269. The summed E-state index contributed by atoms with van der Waals surface area (Å²) in [6, 6.07) is 13.7. The second kappa shape index (κ2) is 9.12. The highest BCUT2D eigenvalue weighted by Gasteiger charge is 2.23. The van der Waals surface area contributed by atoms with Crippen LogP contribution < -0.4 is 25.0 Å². The summed E-state index contributed by atoms with van der Waals surface area (Å²) in [7, 11) is 4.90. The summed E-state index contributed by atoms with van der Waals surface area (Å²) in [5.41, 5.74) is 3.23. The molecule has 1 heterocycles. The van der Waals surface area contributed by atoms with Crippen LogP contribution in [0.1, 0.15) is 11.1 Å². The summed E-state index contributed by atoms with van der Waals surface area (Å²) in [4.78, 5) is 18.6. The van der Waals surface area contributed by atoms with E-state index < -0.39 is 0 Å². The van der Waals surface area contributed by atoms with E-state index in [1.807, 2.05) is 41.3 Å². The Morgan fingerprint density at radius 2 is 1.89 bits per heavy atom. The molecule has 2 aromatic carbocycles. The maximum absolute atomic E-state index is 12.6. The van der Waals surface area contributed by atoms with Crippen molar-refractivity contribution in [2.45, 2.75) is 13.0 Å². The van der Waals surface area contributed by atoms with Gasteiger partial charge in [-0.15, -0.1) is 0 Å². The van der Waals surface area contributed by atoms with Crippen LogP contribution in [0.3, 0.4) is 0 Å². The van der Waals surface area contributed by atoms with Crippen LogP contribution in [0.5, 0.6) is 11.5 Å². The minimum Gasteiger partial charge on any atom is -0.493 e. The number of hydrogen-bond acceptors (Lipinski definition) is 4. The van der Waals surface area contributed by atoms with Gasteiger partial charge in [0, 0.05) is 25.8 Å². The number of rotatable bonds is 6. The predicted molar refractivity (Wildman–Crippen MR) is 110 cm³/mol. The molecule has 0 atom stereocenters. The number of para-hydroxylation sites is 1. The molecular weight excluding hydrogens is 356 g/mol. The Morgan fingerprint density at radius 3 is 2.64 bits per heavy atom. The normalized spacial score (nSPS) is 13.1. The van der Waals surface area contributed by atoms with Crippen LogP contribution in [-0.2, 0) is 17.8 Å². The highest BCUT2D eigenvalue weighted by Crippen LogP contribution is 2.28. The van der Waals surface area contributed by atoms with E-state index in [-0.39, 0.29) is 12.5 Å². The van der Waals surface area contributed by atoms with Crippen LogP contribution in [-0.4, -0.2) is 46.2 Å². The number of benzene rings is 2. The lowest BCUT2D eigenvalue weighted by Gasteiger charge is -2.19. The van der Waals surface area contributed by atoms with E-state index in [1.54, 1.807) is 21.3 Å². The monoisotopic (exact) mass is 382 g/mol. The van der Waals surface area contributed by atoms with Crippen molar-refractivity contribution in [2.24, 2.45) is 4.99 Å². The molecule has 1 amide bonds. The maximum Gasteiger partial charge on any atom is 0.246 e. The molecule has 7 nitrogen and oxygen atoms in total. The number of guanidine groups is 1. The van der Waals surface area contributed by atoms with Crippen molar-refractivity contribution < 1.29 is 14.3 Å². The molecule has 2 N–H and O–H groups in total. The van der Waals surface area contributed by atoms with Gasteiger partial charge in [0.2, 0.25) is 5.91 Å². The van der Waals surface area contributed by atoms with Gasteiger partial charge in [0.15, 0.2) is 17.5 Å². The van der Waals surface area contributed by atoms with Crippen molar-refractivity contribution in [1.82, 2.24) is 10.6 Å². The van der Waals surface area contributed by atoms with Gasteiger partial charge in [-0.25, -0.2) is 0 Å². The quantitative estimate of drug-likeness (QED) is 0.590. The van der Waals surface area contributed by atoms with Gasteiger partial charge < -0.3 is 25.0 Å². The van der Waals surface area contributed by atoms with Crippen molar-refractivity contribution >= 4 is 17.6 Å². The number of nitrogens with one attached hydrogen (secondary N) is 2. The standard InChI is InChI=1S/C21H26N4O3/c1-22-21(23-13-15-8-9-18(27-2)19(12-15)28-3)24-14-20(26)25-11-10-16-6-4-5-7-17(16)25/h4-9,12H,10-11,13-14H2,1-3H3,(H2,22,23,24). The Bertz CT molecular complexity index is 866. The van der Waals surface area contributed by atoms with Crippen LogP contribution in [0.15, 0.2) is 47.5 Å². The lowest BCUT2D eigenvalue weighted by atomic mass is 10.2. The topological polar surface area (TPSA) is 75.2 Å². The van der Waals surface area contributed by atoms with E-state index in [0.29, 0.717) is 24.0 Å². The molecule has 0 aliphatic carbocycles. The number of nitrogens with zero attached hydrogens (tertiary/aromatic N) is 2. The van der Waals surface area contributed by atoms with Crippen molar-refractivity contribution in [2.75, 3.05) is 39.3 Å². The van der Waals surface area contributed by atoms with E-state index in [0.717, 1.165) is 24.2 Å². The zero-order chi connectivity index (χ0) is 19.9. The largest absolute Gasteiger partial charge is 0.493 e. The number of carbonyl (C=O) groups is 1. The average Bonchev–Trinajstić information content (AvgIpc) is 3.17. The van der Waals surface area contributed by atoms with Crippen LogP contribution in [0.25, 0.3) is 0 Å². The molecule has 0 fully saturated rings. The number of hydrogen-bond donors (Lipinski definition) is 2. The van der Waals surface area contributed by atoms with Gasteiger partial charge >= 0.3 is 0 Å². The number of fused-ring (bicyclic) bond motifs is 1. The lowest BCUT2D eigenvalue weighted by molar-refractivity contribution is -0.117. The van der Waals surface area contributed by atoms with Crippen LogP contribution in [0.4, 0.5) is 5.69 Å². The molecule has 0 saturated carbocycles. The van der Waals surface area contributed by atoms with Crippen LogP contribution in [0, 0.1) is 0 Å². The third kappa shape index (κ3) is 4.36. The highest BCUT2D eigenvalue weighted by atomic mass is 16.5. The Kier molecular flexibility index (Phi) is 6.37. The maximum atomic E-state index is 12.6. The summed E-state index contributed by atoms with van der Waals surface area (Å²) in [5.74, 6) is 1.95. The molecule has 0 radical (unpaired) electrons. The van der Waals surface area contributed by atoms with Gasteiger partial charge in [0.25, 0.3) is 0 Å². The van der Waals surface area contributed by atoms with Gasteiger partial charge in [-0.3, -0.25) is 9.79 Å². The first-order chi connectivity index (χ1) is 13.7. The summed E-state index contributed by atoms with van der Waals surface area (Å²) >= 11 is 0. The van der Waals surface area contributed by atoms with Gasteiger partial charge in [-0.05, 0) is 35.7 Å². The summed E-state index contributed by atoms with van der Waals surface area (Å²) in [6.45, 7) is 1.44. The average molecular weight is 382 g/mol. The number of methoxy groups -OCH3 is 2. The highest BCUT2D eigenvalue weighted by molar-refractivity contribution is 5.98. The van der Waals surface area contributed by atoms with Gasteiger partial charge in [0.1, 0.15) is 0 Å². The molecule has 1 aliphatic heterocycles. The third-order valence-corrected chi connectivity index (χ3v) is 4.73. The van der Waals surface area contributed by atoms with Gasteiger partial charge in [0.05, 0.1) is 20.8 Å². The molecule has 3 rings (SSSR count). The summed E-state index contributed by atoms with van der Waals surface area (Å²) in [5, 5.41) is 6.30. The van der Waals surface area contributed by atoms with Crippen molar-refractivity contribution in [3.63, 3.8) is 0 Å². The molecular formula is C21H26N4O3. The Balaban J connectivity index is 1.53. The van der Waals surface area contributed by atoms with E-state index in [1.165, 1.54) is 5.56 Å². The first-order valence-corrected chi connectivity index (χ1v) is 9.20. The number of ether oxygens (including phenoxy) is 2. The Labute approximate surface area is 165 Å². The molecule has 0 unspecified atom stereocenters. The molecule has 0 spiro atoms. The summed E-state index contributed by atoms with van der Waals surface area (Å²) < 4.78 is 10.6. The summed E-state index contributed by atoms with van der Waals surface area (Å²) in [6.07, 6.45) is 0.897. The molecule has 0 saturated heterocycles. The SMILES string of the molecule is CN=C(NCC(=O)N1CCc2ccccc21)NCc1ccc(OC)c(OC)c1.